The smallest absolute Gasteiger partial charge is 0.141 e. The Morgan fingerprint density at radius 2 is 2.10 bits per heavy atom. The van der Waals surface area contributed by atoms with Crippen LogP contribution in [-0.4, -0.2) is 32.1 Å². The number of nitrogens with one attached hydrogen (secondary N) is 1. The quantitative estimate of drug-likeness (QED) is 0.856. The Kier molecular flexibility index (Phi) is 5.30. The van der Waals surface area contributed by atoms with Crippen LogP contribution in [0.5, 0.6) is 5.75 Å². The Hall–Kier alpha value is -1.22. The summed E-state index contributed by atoms with van der Waals surface area (Å²) in [5.41, 5.74) is 2.47. The maximum atomic E-state index is 5.51. The van der Waals surface area contributed by atoms with Crippen LogP contribution in [0.15, 0.2) is 18.2 Å². The Morgan fingerprint density at radius 3 is 2.75 bits per heavy atom. The summed E-state index contributed by atoms with van der Waals surface area (Å²) in [5.74, 6) is 1.76. The molecule has 0 aliphatic heterocycles. The predicted octanol–water partition coefficient (Wildman–Crippen LogP) is 3.75. The van der Waals surface area contributed by atoms with Crippen LogP contribution < -0.4 is 10.1 Å². The molecule has 1 aliphatic carbocycles. The normalized spacial score (nSPS) is 22.2. The fraction of sp³-hybridized carbons (Fsp3) is 0.647. The molecule has 1 aliphatic rings. The van der Waals surface area contributed by atoms with E-state index in [1.807, 2.05) is 0 Å². The van der Waals surface area contributed by atoms with Crippen LogP contribution >= 0.6 is 0 Å². The van der Waals surface area contributed by atoms with Crippen LogP contribution in [0.4, 0.5) is 5.69 Å². The van der Waals surface area contributed by atoms with Gasteiger partial charge >= 0.3 is 0 Å². The second-order valence-electron chi connectivity index (χ2n) is 6.12. The molecule has 3 heteroatoms. The Bertz CT molecular complexity index is 431. The van der Waals surface area contributed by atoms with E-state index in [4.69, 9.17) is 4.74 Å². The van der Waals surface area contributed by atoms with Crippen molar-refractivity contribution in [1.82, 2.24) is 4.90 Å². The number of rotatable bonds is 6. The van der Waals surface area contributed by atoms with Gasteiger partial charge in [0.15, 0.2) is 0 Å². The molecule has 1 N–H and O–H groups in total. The highest BCUT2D eigenvalue weighted by Gasteiger charge is 2.26. The lowest BCUT2D eigenvalue weighted by atomic mass is 10.00. The number of benzene rings is 1. The number of nitrogens with zero attached hydrogens (tertiary/aromatic N) is 1. The van der Waals surface area contributed by atoms with Gasteiger partial charge < -0.3 is 15.0 Å². The number of hydrogen-bond donors (Lipinski definition) is 1. The molecule has 0 saturated heterocycles. The van der Waals surface area contributed by atoms with E-state index in [-0.39, 0.29) is 0 Å². The maximum Gasteiger partial charge on any atom is 0.141 e. The largest absolute Gasteiger partial charge is 0.495 e. The van der Waals surface area contributed by atoms with Gasteiger partial charge in [-0.15, -0.1) is 0 Å². The molecule has 0 bridgehead atoms. The summed E-state index contributed by atoms with van der Waals surface area (Å²) in [6.07, 6.45) is 5.24. The molecule has 0 aromatic heterocycles. The fourth-order valence-electron chi connectivity index (χ4n) is 3.25. The summed E-state index contributed by atoms with van der Waals surface area (Å²) in [6, 6.07) is 7.07. The summed E-state index contributed by atoms with van der Waals surface area (Å²) in [5, 5.41) is 3.73. The van der Waals surface area contributed by atoms with Gasteiger partial charge in [-0.1, -0.05) is 25.8 Å². The lowest BCUT2D eigenvalue weighted by Gasteiger charge is -2.23. The fourth-order valence-corrected chi connectivity index (χ4v) is 3.25. The number of ether oxygens (including phenoxy) is 1. The van der Waals surface area contributed by atoms with Crippen LogP contribution in [0.1, 0.15) is 38.2 Å². The highest BCUT2D eigenvalue weighted by atomic mass is 16.5. The van der Waals surface area contributed by atoms with Gasteiger partial charge in [0.2, 0.25) is 0 Å². The molecule has 0 radical (unpaired) electrons. The van der Waals surface area contributed by atoms with Crippen LogP contribution in [0.3, 0.4) is 0 Å². The Morgan fingerprint density at radius 1 is 1.30 bits per heavy atom. The Balaban J connectivity index is 2.15. The van der Waals surface area contributed by atoms with Gasteiger partial charge in [0.1, 0.15) is 5.75 Å². The van der Waals surface area contributed by atoms with Crippen molar-refractivity contribution in [3.05, 3.63) is 23.8 Å². The Labute approximate surface area is 123 Å². The van der Waals surface area contributed by atoms with E-state index in [2.05, 4.69) is 49.4 Å². The van der Waals surface area contributed by atoms with Crippen LogP contribution in [0, 0.1) is 5.92 Å². The monoisotopic (exact) mass is 276 g/mol. The SMILES string of the molecule is CCC1CCCC1Nc1cc(CN(C)C)ccc1OC. The highest BCUT2D eigenvalue weighted by Crippen LogP contribution is 2.34. The molecule has 20 heavy (non-hydrogen) atoms. The summed E-state index contributed by atoms with van der Waals surface area (Å²) in [4.78, 5) is 2.19. The lowest BCUT2D eigenvalue weighted by molar-refractivity contribution is 0.399. The third-order valence-corrected chi connectivity index (χ3v) is 4.29. The number of methoxy groups -OCH3 is 1. The zero-order valence-electron chi connectivity index (χ0n) is 13.3. The highest BCUT2D eigenvalue weighted by molar-refractivity contribution is 5.58. The van der Waals surface area contributed by atoms with E-state index in [0.717, 1.165) is 23.9 Å². The van der Waals surface area contributed by atoms with Crippen molar-refractivity contribution < 1.29 is 4.74 Å². The van der Waals surface area contributed by atoms with Crippen molar-refractivity contribution in [2.24, 2.45) is 5.92 Å². The predicted molar refractivity (Wildman–Crippen MR) is 85.4 cm³/mol. The van der Waals surface area contributed by atoms with Crippen LogP contribution in [0.25, 0.3) is 0 Å². The van der Waals surface area contributed by atoms with Gasteiger partial charge in [0, 0.05) is 12.6 Å². The number of hydrogen-bond acceptors (Lipinski definition) is 3. The van der Waals surface area contributed by atoms with Crippen molar-refractivity contribution in [3.63, 3.8) is 0 Å². The molecule has 3 nitrogen and oxygen atoms in total. The summed E-state index contributed by atoms with van der Waals surface area (Å²) < 4.78 is 5.51. The molecule has 1 fully saturated rings. The van der Waals surface area contributed by atoms with Gasteiger partial charge in [0.25, 0.3) is 0 Å². The topological polar surface area (TPSA) is 24.5 Å². The average Bonchev–Trinajstić information content (AvgIpc) is 2.85. The molecule has 1 aromatic rings. The first kappa shape index (κ1) is 15.2. The molecular formula is C17H28N2O. The van der Waals surface area contributed by atoms with E-state index >= 15 is 0 Å². The second kappa shape index (κ2) is 6.98. The van der Waals surface area contributed by atoms with E-state index in [9.17, 15) is 0 Å². The van der Waals surface area contributed by atoms with E-state index in [0.29, 0.717) is 6.04 Å². The van der Waals surface area contributed by atoms with Crippen molar-refractivity contribution >= 4 is 5.69 Å². The van der Waals surface area contributed by atoms with Gasteiger partial charge in [-0.3, -0.25) is 0 Å². The minimum absolute atomic E-state index is 0.600. The first-order chi connectivity index (χ1) is 9.63. The molecule has 2 unspecified atom stereocenters. The third kappa shape index (κ3) is 3.66. The first-order valence-corrected chi connectivity index (χ1v) is 7.72. The molecule has 2 atom stereocenters. The van der Waals surface area contributed by atoms with Gasteiger partial charge in [-0.2, -0.15) is 0 Å². The van der Waals surface area contributed by atoms with Gasteiger partial charge in [-0.05, 0) is 50.6 Å². The standard InChI is InChI=1S/C17H28N2O/c1-5-14-7-6-8-15(14)18-16-11-13(12-19(2)3)9-10-17(16)20-4/h9-11,14-15,18H,5-8,12H2,1-4H3. The first-order valence-electron chi connectivity index (χ1n) is 7.72. The molecule has 0 heterocycles. The molecular weight excluding hydrogens is 248 g/mol. The average molecular weight is 276 g/mol. The molecule has 2 rings (SSSR count). The summed E-state index contributed by atoms with van der Waals surface area (Å²) in [6.45, 7) is 3.25. The van der Waals surface area contributed by atoms with Crippen molar-refractivity contribution in [2.75, 3.05) is 26.5 Å². The second-order valence-corrected chi connectivity index (χ2v) is 6.12. The molecule has 1 saturated carbocycles. The summed E-state index contributed by atoms with van der Waals surface area (Å²) in [7, 11) is 5.95. The van der Waals surface area contributed by atoms with E-state index < -0.39 is 0 Å². The van der Waals surface area contributed by atoms with Gasteiger partial charge in [0.05, 0.1) is 12.8 Å². The molecule has 0 amide bonds. The maximum absolute atomic E-state index is 5.51. The van der Waals surface area contributed by atoms with Crippen LogP contribution in [-0.2, 0) is 6.54 Å². The molecule has 0 spiro atoms. The minimum Gasteiger partial charge on any atom is -0.495 e. The minimum atomic E-state index is 0.600. The van der Waals surface area contributed by atoms with Crippen molar-refractivity contribution in [1.29, 1.82) is 0 Å². The molecule has 112 valence electrons. The van der Waals surface area contributed by atoms with Crippen molar-refractivity contribution in [3.8, 4) is 5.75 Å². The van der Waals surface area contributed by atoms with E-state index in [1.165, 1.54) is 31.2 Å². The third-order valence-electron chi connectivity index (χ3n) is 4.29. The lowest BCUT2D eigenvalue weighted by Crippen LogP contribution is -2.24. The zero-order chi connectivity index (χ0) is 14.5. The van der Waals surface area contributed by atoms with E-state index in [1.54, 1.807) is 7.11 Å². The zero-order valence-corrected chi connectivity index (χ0v) is 13.3. The molecule has 1 aromatic carbocycles. The van der Waals surface area contributed by atoms with Crippen LogP contribution in [0.2, 0.25) is 0 Å². The summed E-state index contributed by atoms with van der Waals surface area (Å²) >= 11 is 0. The van der Waals surface area contributed by atoms with Crippen molar-refractivity contribution in [2.45, 2.75) is 45.2 Å². The number of anilines is 1. The van der Waals surface area contributed by atoms with Gasteiger partial charge in [-0.25, -0.2) is 0 Å².